The van der Waals surface area contributed by atoms with Crippen molar-refractivity contribution in [1.82, 2.24) is 0 Å². The van der Waals surface area contributed by atoms with Crippen LogP contribution in [-0.2, 0) is 19.0 Å². The topological polar surface area (TPSA) is 105 Å². The first-order valence-electron chi connectivity index (χ1n) is 12.7. The lowest BCUT2D eigenvalue weighted by molar-refractivity contribution is -0.300. The molecule has 34 heavy (non-hydrogen) atoms. The number of esters is 1. The zero-order chi connectivity index (χ0) is 25.3. The van der Waals surface area contributed by atoms with E-state index in [2.05, 4.69) is 26.8 Å². The second-order valence-corrected chi connectivity index (χ2v) is 11.5. The summed E-state index contributed by atoms with van der Waals surface area (Å²) in [5.41, 5.74) is 0.598. The summed E-state index contributed by atoms with van der Waals surface area (Å²) in [6.45, 7) is 11.6. The minimum absolute atomic E-state index is 0.0567. The fourth-order valence-electron chi connectivity index (χ4n) is 6.11. The summed E-state index contributed by atoms with van der Waals surface area (Å²) >= 11 is 0. The van der Waals surface area contributed by atoms with Gasteiger partial charge in [0.1, 0.15) is 12.2 Å². The number of fused-ring (bicyclic) bond motifs is 1. The Labute approximate surface area is 204 Å². The molecule has 0 unspecified atom stereocenters. The van der Waals surface area contributed by atoms with Gasteiger partial charge in [0, 0.05) is 6.92 Å². The minimum Gasteiger partial charge on any atom is -0.454 e. The number of carbonyl (C=O) groups excluding carboxylic acids is 1. The van der Waals surface area contributed by atoms with Crippen LogP contribution in [0.5, 0.6) is 0 Å². The van der Waals surface area contributed by atoms with Gasteiger partial charge in [-0.3, -0.25) is 4.79 Å². The molecule has 0 spiro atoms. The van der Waals surface area contributed by atoms with E-state index < -0.39 is 36.2 Å². The molecule has 3 rings (SSSR count). The van der Waals surface area contributed by atoms with Gasteiger partial charge in [-0.25, -0.2) is 0 Å². The van der Waals surface area contributed by atoms with E-state index in [-0.39, 0.29) is 18.1 Å². The van der Waals surface area contributed by atoms with Gasteiger partial charge >= 0.3 is 5.97 Å². The molecule has 1 saturated heterocycles. The molecule has 0 radical (unpaired) electrons. The van der Waals surface area contributed by atoms with E-state index >= 15 is 0 Å². The molecule has 0 aromatic heterocycles. The number of hydrogen-bond acceptors (Lipinski definition) is 7. The maximum Gasteiger partial charge on any atom is 0.303 e. The van der Waals surface area contributed by atoms with Gasteiger partial charge < -0.3 is 29.5 Å². The molecule has 194 valence electrons. The molecule has 0 aromatic rings. The van der Waals surface area contributed by atoms with E-state index in [4.69, 9.17) is 14.2 Å². The van der Waals surface area contributed by atoms with Crippen LogP contribution in [0, 0.1) is 23.2 Å². The third kappa shape index (κ3) is 6.30. The van der Waals surface area contributed by atoms with Gasteiger partial charge in [-0.15, -0.1) is 0 Å². The molecular weight excluding hydrogens is 436 g/mol. The average molecular weight is 481 g/mol. The highest BCUT2D eigenvalue weighted by atomic mass is 16.7. The first-order valence-corrected chi connectivity index (χ1v) is 12.7. The Bertz CT molecular complexity index is 769. The van der Waals surface area contributed by atoms with E-state index in [9.17, 15) is 20.1 Å². The minimum atomic E-state index is -1.24. The molecule has 3 aliphatic rings. The largest absolute Gasteiger partial charge is 0.454 e. The van der Waals surface area contributed by atoms with E-state index in [0.717, 1.165) is 32.1 Å². The Balaban J connectivity index is 1.73. The van der Waals surface area contributed by atoms with Crippen LogP contribution >= 0.6 is 0 Å². The normalized spacial score (nSPS) is 41.9. The summed E-state index contributed by atoms with van der Waals surface area (Å²) in [5.74, 6) is 0.811. The molecule has 9 atom stereocenters. The SMILES string of the molecule is CC(=O)O[C@H]1[C@H](O[C@@H]2CC[C@@H](C)[C@]3(C)C[C@H](/C(C)=C/C=C/C(C)(C)O)CC[C@@H]23)OC[C@@H](O)[C@@H]1O. The summed E-state index contributed by atoms with van der Waals surface area (Å²) < 4.78 is 17.4. The number of rotatable bonds is 6. The van der Waals surface area contributed by atoms with Crippen LogP contribution in [-0.4, -0.2) is 64.2 Å². The molecule has 3 fully saturated rings. The number of aliphatic hydroxyl groups excluding tert-OH is 2. The van der Waals surface area contributed by atoms with Crippen molar-refractivity contribution in [2.24, 2.45) is 23.2 Å². The lowest BCUT2D eigenvalue weighted by Crippen LogP contribution is -2.58. The molecule has 0 aromatic carbocycles. The summed E-state index contributed by atoms with van der Waals surface area (Å²) in [5, 5.41) is 30.3. The number of hydrogen-bond donors (Lipinski definition) is 3. The summed E-state index contributed by atoms with van der Waals surface area (Å²) in [6.07, 6.45) is 6.60. The average Bonchev–Trinajstić information content (AvgIpc) is 2.74. The van der Waals surface area contributed by atoms with Gasteiger partial charge in [0.15, 0.2) is 12.4 Å². The van der Waals surface area contributed by atoms with Gasteiger partial charge in [0.05, 0.1) is 18.3 Å². The fourth-order valence-corrected chi connectivity index (χ4v) is 6.11. The highest BCUT2D eigenvalue weighted by molar-refractivity contribution is 5.66. The Morgan fingerprint density at radius 2 is 1.85 bits per heavy atom. The van der Waals surface area contributed by atoms with E-state index in [1.807, 2.05) is 12.2 Å². The van der Waals surface area contributed by atoms with Crippen molar-refractivity contribution in [2.45, 2.75) is 110 Å². The van der Waals surface area contributed by atoms with E-state index in [0.29, 0.717) is 17.8 Å². The highest BCUT2D eigenvalue weighted by Crippen LogP contribution is 2.56. The Morgan fingerprint density at radius 3 is 2.50 bits per heavy atom. The number of carbonyl (C=O) groups is 1. The van der Waals surface area contributed by atoms with Crippen molar-refractivity contribution < 1.29 is 34.3 Å². The van der Waals surface area contributed by atoms with Crippen molar-refractivity contribution in [3.63, 3.8) is 0 Å². The Hall–Kier alpha value is -1.25. The van der Waals surface area contributed by atoms with Crippen LogP contribution in [0.4, 0.5) is 0 Å². The van der Waals surface area contributed by atoms with E-state index in [1.54, 1.807) is 13.8 Å². The van der Waals surface area contributed by atoms with Gasteiger partial charge in [-0.1, -0.05) is 37.6 Å². The zero-order valence-electron chi connectivity index (χ0n) is 21.6. The summed E-state index contributed by atoms with van der Waals surface area (Å²) in [6, 6.07) is 0. The van der Waals surface area contributed by atoms with Gasteiger partial charge in [-0.2, -0.15) is 0 Å². The van der Waals surface area contributed by atoms with Crippen LogP contribution in [0.15, 0.2) is 23.8 Å². The second kappa shape index (κ2) is 10.8. The number of allylic oxidation sites excluding steroid dienone is 3. The van der Waals surface area contributed by atoms with Crippen molar-refractivity contribution in [2.75, 3.05) is 6.61 Å². The third-order valence-electron chi connectivity index (χ3n) is 8.37. The van der Waals surface area contributed by atoms with Crippen LogP contribution in [0.3, 0.4) is 0 Å². The van der Waals surface area contributed by atoms with Crippen molar-refractivity contribution in [3.8, 4) is 0 Å². The molecule has 1 heterocycles. The third-order valence-corrected chi connectivity index (χ3v) is 8.37. The fraction of sp³-hybridized carbons (Fsp3) is 0.815. The van der Waals surface area contributed by atoms with Crippen molar-refractivity contribution in [3.05, 3.63) is 23.8 Å². The lowest BCUT2D eigenvalue weighted by Gasteiger charge is -2.55. The lowest BCUT2D eigenvalue weighted by atomic mass is 9.52. The number of aliphatic hydroxyl groups is 3. The molecule has 3 N–H and O–H groups in total. The smallest absolute Gasteiger partial charge is 0.303 e. The molecule has 0 bridgehead atoms. The van der Waals surface area contributed by atoms with Crippen molar-refractivity contribution >= 4 is 5.97 Å². The molecule has 7 nitrogen and oxygen atoms in total. The van der Waals surface area contributed by atoms with Gasteiger partial charge in [0.2, 0.25) is 0 Å². The summed E-state index contributed by atoms with van der Waals surface area (Å²) in [4.78, 5) is 11.6. The van der Waals surface area contributed by atoms with Crippen molar-refractivity contribution in [1.29, 1.82) is 0 Å². The standard InChI is InChI=1S/C27H44O7/c1-16(8-7-13-26(4,5)31)19-10-11-20-22(12-9-17(2)27(20,6)14-19)34-25-24(33-18(3)28)23(30)21(29)15-32-25/h7-8,13,17,19-25,29-31H,9-12,14-15H2,1-6H3/b13-7+,16-8+/t17-,19-,20+,21-,22-,23+,24-,25+,27+/m1/s1. The predicted octanol–water partition coefficient (Wildman–Crippen LogP) is 3.51. The Morgan fingerprint density at radius 1 is 1.15 bits per heavy atom. The molecule has 2 saturated carbocycles. The monoisotopic (exact) mass is 480 g/mol. The highest BCUT2D eigenvalue weighted by Gasteiger charge is 2.52. The van der Waals surface area contributed by atoms with Crippen LogP contribution in [0.25, 0.3) is 0 Å². The second-order valence-electron chi connectivity index (χ2n) is 11.5. The maximum atomic E-state index is 11.6. The molecule has 2 aliphatic carbocycles. The molecule has 7 heteroatoms. The zero-order valence-corrected chi connectivity index (χ0v) is 21.6. The van der Waals surface area contributed by atoms with Crippen LogP contribution in [0.1, 0.15) is 73.6 Å². The first kappa shape index (κ1) is 27.3. The molecule has 1 aliphatic heterocycles. The van der Waals surface area contributed by atoms with Gasteiger partial charge in [-0.05, 0) is 76.0 Å². The molecule has 0 amide bonds. The Kier molecular flexibility index (Phi) is 8.68. The molecular formula is C27H44O7. The maximum absolute atomic E-state index is 11.6. The first-order chi connectivity index (χ1) is 15.8. The quantitative estimate of drug-likeness (QED) is 0.395. The van der Waals surface area contributed by atoms with Crippen LogP contribution < -0.4 is 0 Å². The number of ether oxygens (including phenoxy) is 3. The van der Waals surface area contributed by atoms with Gasteiger partial charge in [0.25, 0.3) is 0 Å². The van der Waals surface area contributed by atoms with Crippen LogP contribution in [0.2, 0.25) is 0 Å². The predicted molar refractivity (Wildman–Crippen MR) is 129 cm³/mol. The van der Waals surface area contributed by atoms with E-state index in [1.165, 1.54) is 12.5 Å². The summed E-state index contributed by atoms with van der Waals surface area (Å²) in [7, 11) is 0.